The van der Waals surface area contributed by atoms with E-state index in [0.717, 1.165) is 12.1 Å². The first-order valence-corrected chi connectivity index (χ1v) is 7.35. The lowest BCUT2D eigenvalue weighted by Gasteiger charge is -2.06. The molecule has 8 heteroatoms. The van der Waals surface area contributed by atoms with Crippen LogP contribution in [0.15, 0.2) is 42.5 Å². The van der Waals surface area contributed by atoms with Crippen molar-refractivity contribution >= 4 is 12.2 Å². The lowest BCUT2D eigenvalue weighted by Crippen LogP contribution is -2.04. The average Bonchev–Trinajstić information content (AvgIpc) is 3.09. The fourth-order valence-electron chi connectivity index (χ4n) is 2.33. The minimum absolute atomic E-state index is 0.129. The van der Waals surface area contributed by atoms with Crippen molar-refractivity contribution in [2.75, 3.05) is 0 Å². The van der Waals surface area contributed by atoms with Gasteiger partial charge >= 0.3 is 6.18 Å². The quantitative estimate of drug-likeness (QED) is 0.546. The smallest absolute Gasteiger partial charge is 0.247 e. The number of nitrogens with one attached hydrogen (secondary N) is 1. The lowest BCUT2D eigenvalue weighted by atomic mass is 10.0. The highest BCUT2D eigenvalue weighted by molar-refractivity contribution is 5.74. The molecule has 0 saturated heterocycles. The Hall–Kier alpha value is -3.47. The van der Waals surface area contributed by atoms with Crippen molar-refractivity contribution in [3.05, 3.63) is 70.7 Å². The molecule has 0 amide bonds. The van der Waals surface area contributed by atoms with E-state index in [9.17, 15) is 17.6 Å². The predicted molar refractivity (Wildman–Crippen MR) is 86.9 cm³/mol. The summed E-state index contributed by atoms with van der Waals surface area (Å²) < 4.78 is 52.3. The zero-order valence-electron chi connectivity index (χ0n) is 13.0. The maximum absolute atomic E-state index is 14.0. The molecule has 26 heavy (non-hydrogen) atoms. The summed E-state index contributed by atoms with van der Waals surface area (Å²) in [5.74, 6) is -0.557. The number of H-pyrrole nitrogens is 1. The summed E-state index contributed by atoms with van der Waals surface area (Å²) in [7, 11) is 0. The van der Waals surface area contributed by atoms with E-state index < -0.39 is 17.6 Å². The summed E-state index contributed by atoms with van der Waals surface area (Å²) in [4.78, 5) is 0. The molecule has 0 aliphatic carbocycles. The number of aromatic nitrogens is 3. The number of nitriles is 1. The molecule has 0 spiro atoms. The Balaban J connectivity index is 1.94. The van der Waals surface area contributed by atoms with Gasteiger partial charge in [-0.05, 0) is 35.9 Å². The molecule has 0 bridgehead atoms. The fourth-order valence-corrected chi connectivity index (χ4v) is 2.33. The molecule has 1 heterocycles. The molecule has 0 aliphatic rings. The van der Waals surface area contributed by atoms with E-state index in [-0.39, 0.29) is 22.5 Å². The van der Waals surface area contributed by atoms with Crippen molar-refractivity contribution < 1.29 is 17.6 Å². The molecule has 0 fully saturated rings. The van der Waals surface area contributed by atoms with E-state index in [0.29, 0.717) is 5.56 Å². The molecule has 3 rings (SSSR count). The Kier molecular flexibility index (Phi) is 4.54. The minimum Gasteiger partial charge on any atom is -0.247 e. The highest BCUT2D eigenvalue weighted by Crippen LogP contribution is 2.30. The van der Waals surface area contributed by atoms with Gasteiger partial charge in [0.05, 0.1) is 5.56 Å². The first-order chi connectivity index (χ1) is 12.4. The minimum atomic E-state index is -4.45. The van der Waals surface area contributed by atoms with Crippen LogP contribution in [0, 0.1) is 17.1 Å². The zero-order valence-corrected chi connectivity index (χ0v) is 13.0. The largest absolute Gasteiger partial charge is 0.416 e. The van der Waals surface area contributed by atoms with Crippen LogP contribution >= 0.6 is 0 Å². The third-order valence-electron chi connectivity index (χ3n) is 3.60. The highest BCUT2D eigenvalue weighted by atomic mass is 19.4. The van der Waals surface area contributed by atoms with E-state index in [1.807, 2.05) is 6.07 Å². The number of rotatable bonds is 3. The first kappa shape index (κ1) is 17.4. The lowest BCUT2D eigenvalue weighted by molar-refractivity contribution is -0.137. The molecule has 0 unspecified atom stereocenters. The molecule has 4 nitrogen and oxygen atoms in total. The van der Waals surface area contributed by atoms with Crippen LogP contribution in [0.4, 0.5) is 17.6 Å². The number of hydrogen-bond acceptors (Lipinski definition) is 3. The van der Waals surface area contributed by atoms with Crippen molar-refractivity contribution in [3.8, 4) is 17.3 Å². The molecule has 1 aromatic heterocycles. The van der Waals surface area contributed by atoms with Gasteiger partial charge in [0.15, 0.2) is 5.69 Å². The van der Waals surface area contributed by atoms with Crippen LogP contribution in [0.3, 0.4) is 0 Å². The summed E-state index contributed by atoms with van der Waals surface area (Å²) in [6.45, 7) is 0. The van der Waals surface area contributed by atoms with Crippen molar-refractivity contribution in [2.24, 2.45) is 0 Å². The summed E-state index contributed by atoms with van der Waals surface area (Å²) in [6.07, 6.45) is -1.71. The van der Waals surface area contributed by atoms with Crippen LogP contribution in [-0.2, 0) is 6.18 Å². The molecular weight excluding hydrogens is 348 g/mol. The molecule has 130 valence electrons. The summed E-state index contributed by atoms with van der Waals surface area (Å²) in [5, 5.41) is 18.7. The van der Waals surface area contributed by atoms with E-state index in [1.165, 1.54) is 42.5 Å². The second-order valence-electron chi connectivity index (χ2n) is 5.34. The van der Waals surface area contributed by atoms with Gasteiger partial charge in [-0.2, -0.15) is 18.4 Å². The van der Waals surface area contributed by atoms with Gasteiger partial charge in [0.2, 0.25) is 0 Å². The SMILES string of the molecule is N#Cc1[nH]nnc1-c1ccc(F)c(/C=C/c2cccc(C(F)(F)F)c2)c1. The van der Waals surface area contributed by atoms with Gasteiger partial charge < -0.3 is 0 Å². The van der Waals surface area contributed by atoms with Crippen LogP contribution in [0.2, 0.25) is 0 Å². The van der Waals surface area contributed by atoms with Crippen molar-refractivity contribution in [1.82, 2.24) is 15.4 Å². The zero-order chi connectivity index (χ0) is 18.7. The summed E-state index contributed by atoms with van der Waals surface area (Å²) >= 11 is 0. The van der Waals surface area contributed by atoms with Crippen LogP contribution in [-0.4, -0.2) is 15.4 Å². The molecule has 0 aliphatic heterocycles. The van der Waals surface area contributed by atoms with E-state index in [4.69, 9.17) is 5.26 Å². The van der Waals surface area contributed by atoms with Crippen LogP contribution in [0.5, 0.6) is 0 Å². The molecule has 0 saturated carbocycles. The number of alkyl halides is 3. The van der Waals surface area contributed by atoms with E-state index >= 15 is 0 Å². The van der Waals surface area contributed by atoms with Gasteiger partial charge in [-0.25, -0.2) is 9.49 Å². The topological polar surface area (TPSA) is 65.4 Å². The molecule has 2 aromatic carbocycles. The monoisotopic (exact) mass is 358 g/mol. The van der Waals surface area contributed by atoms with Crippen LogP contribution in [0.1, 0.15) is 22.4 Å². The van der Waals surface area contributed by atoms with Crippen molar-refractivity contribution in [1.29, 1.82) is 5.26 Å². The molecular formula is C18H10F4N4. The van der Waals surface area contributed by atoms with Crippen LogP contribution < -0.4 is 0 Å². The average molecular weight is 358 g/mol. The van der Waals surface area contributed by atoms with E-state index in [1.54, 1.807) is 0 Å². The number of nitrogens with zero attached hydrogens (tertiary/aromatic N) is 3. The molecule has 1 N–H and O–H groups in total. The second-order valence-corrected chi connectivity index (χ2v) is 5.34. The second kappa shape index (κ2) is 6.80. The third-order valence-corrected chi connectivity index (χ3v) is 3.60. The van der Waals surface area contributed by atoms with Gasteiger partial charge in [-0.3, -0.25) is 0 Å². The molecule has 0 radical (unpaired) electrons. The van der Waals surface area contributed by atoms with Gasteiger partial charge in [0.1, 0.15) is 17.6 Å². The van der Waals surface area contributed by atoms with Crippen molar-refractivity contribution in [2.45, 2.75) is 6.18 Å². The Bertz CT molecular complexity index is 1010. The molecule has 0 atom stereocenters. The number of aromatic amines is 1. The van der Waals surface area contributed by atoms with Crippen molar-refractivity contribution in [3.63, 3.8) is 0 Å². The van der Waals surface area contributed by atoms with Gasteiger partial charge in [-0.1, -0.05) is 29.5 Å². The highest BCUT2D eigenvalue weighted by Gasteiger charge is 2.30. The van der Waals surface area contributed by atoms with E-state index in [2.05, 4.69) is 15.4 Å². The number of hydrogen-bond donors (Lipinski definition) is 1. The summed E-state index contributed by atoms with van der Waals surface area (Å²) in [6, 6.07) is 10.7. The standard InChI is InChI=1S/C18H10F4N4/c19-15-7-6-13(17-16(10-23)24-26-25-17)9-12(15)5-4-11-2-1-3-14(8-11)18(20,21)22/h1-9H,(H,24,25,26)/b5-4+. The van der Waals surface area contributed by atoms with Crippen LogP contribution in [0.25, 0.3) is 23.4 Å². The summed E-state index contributed by atoms with van der Waals surface area (Å²) in [5.41, 5.74) is 0.497. The van der Waals surface area contributed by atoms with Gasteiger partial charge in [0.25, 0.3) is 0 Å². The number of benzene rings is 2. The van der Waals surface area contributed by atoms with Gasteiger partial charge in [0, 0.05) is 11.1 Å². The Morgan fingerprint density at radius 1 is 1.08 bits per heavy atom. The number of halogens is 4. The fraction of sp³-hybridized carbons (Fsp3) is 0.0556. The van der Waals surface area contributed by atoms with Gasteiger partial charge in [-0.15, -0.1) is 5.10 Å². The third kappa shape index (κ3) is 3.62. The maximum Gasteiger partial charge on any atom is 0.416 e. The Morgan fingerprint density at radius 3 is 2.62 bits per heavy atom. The maximum atomic E-state index is 14.0. The predicted octanol–water partition coefficient (Wildman–Crippen LogP) is 4.67. The Labute approximate surface area is 145 Å². The Morgan fingerprint density at radius 2 is 1.88 bits per heavy atom. The normalized spacial score (nSPS) is 11.7. The molecule has 3 aromatic rings. The first-order valence-electron chi connectivity index (χ1n) is 7.35.